The average Bonchev–Trinajstić information content (AvgIpc) is 1.80. The predicted octanol–water partition coefficient (Wildman–Crippen LogP) is 3.72. The highest BCUT2D eigenvalue weighted by atomic mass is 35.8. The fourth-order valence-corrected chi connectivity index (χ4v) is 2.68. The van der Waals surface area contributed by atoms with E-state index in [0.717, 1.165) is 0 Å². The van der Waals surface area contributed by atoms with Crippen molar-refractivity contribution in [1.29, 1.82) is 0 Å². The van der Waals surface area contributed by atoms with Gasteiger partial charge in [-0.05, 0) is 0 Å². The number of hydrogen-bond acceptors (Lipinski definition) is 0. The Labute approximate surface area is 83.9 Å². The maximum absolute atomic E-state index is 12.7. The summed E-state index contributed by atoms with van der Waals surface area (Å²) >= 11 is 13.8. The Kier molecular flexibility index (Phi) is 3.86. The summed E-state index contributed by atoms with van der Waals surface area (Å²) in [4.78, 5) is 0. The molecule has 0 aliphatic carbocycles. The molecule has 0 aromatic carbocycles. The van der Waals surface area contributed by atoms with Crippen molar-refractivity contribution in [2.75, 3.05) is 0 Å². The molecule has 1 unspecified atom stereocenters. The SMILES string of the molecule is FC(F)C(F)(C(F)(F)F)[Si](Cl)(Cl)Cl. The van der Waals surface area contributed by atoms with Gasteiger partial charge in [0.2, 0.25) is 0 Å². The molecular weight excluding hydrogens is 284 g/mol. The summed E-state index contributed by atoms with van der Waals surface area (Å²) in [5.74, 6) is 0. The number of rotatable bonds is 2. The van der Waals surface area contributed by atoms with E-state index >= 15 is 0 Å². The second kappa shape index (κ2) is 3.67. The molecule has 0 N–H and O–H groups in total. The highest BCUT2D eigenvalue weighted by molar-refractivity contribution is 7.65. The molecule has 0 fully saturated rings. The van der Waals surface area contributed by atoms with E-state index in [9.17, 15) is 26.3 Å². The smallest absolute Gasteiger partial charge is 0.227 e. The molecule has 10 heteroatoms. The van der Waals surface area contributed by atoms with Gasteiger partial charge in [-0.25, -0.2) is 13.2 Å². The van der Waals surface area contributed by atoms with Crippen molar-refractivity contribution in [3.63, 3.8) is 0 Å². The number of hydrogen-bond donors (Lipinski definition) is 0. The monoisotopic (exact) mass is 284 g/mol. The quantitative estimate of drug-likeness (QED) is 0.412. The molecule has 80 valence electrons. The van der Waals surface area contributed by atoms with Crippen LogP contribution >= 0.6 is 33.2 Å². The first-order valence-corrected chi connectivity index (χ1v) is 7.58. The van der Waals surface area contributed by atoms with Crippen molar-refractivity contribution >= 4 is 39.2 Å². The van der Waals surface area contributed by atoms with E-state index in [4.69, 9.17) is 0 Å². The molecule has 0 aliphatic rings. The van der Waals surface area contributed by atoms with E-state index in [-0.39, 0.29) is 0 Å². The second-order valence-electron chi connectivity index (χ2n) is 2.01. The zero-order valence-corrected chi connectivity index (χ0v) is 8.75. The lowest BCUT2D eigenvalue weighted by Gasteiger charge is -2.30. The fourth-order valence-electron chi connectivity index (χ4n) is 0.408. The van der Waals surface area contributed by atoms with E-state index in [2.05, 4.69) is 33.2 Å². The van der Waals surface area contributed by atoms with E-state index in [1.54, 1.807) is 0 Å². The minimum atomic E-state index is -5.89. The Hall–Kier alpha value is 0.667. The summed E-state index contributed by atoms with van der Waals surface area (Å²) in [6, 6.07) is -5.23. The summed E-state index contributed by atoms with van der Waals surface area (Å²) in [6.07, 6.45) is -10.3. The van der Waals surface area contributed by atoms with Crippen LogP contribution < -0.4 is 0 Å². The van der Waals surface area contributed by atoms with Gasteiger partial charge in [-0.3, -0.25) is 0 Å². The summed E-state index contributed by atoms with van der Waals surface area (Å²) in [7, 11) is 0. The Bertz CT molecular complexity index is 171. The highest BCUT2D eigenvalue weighted by Gasteiger charge is 2.75. The van der Waals surface area contributed by atoms with Crippen molar-refractivity contribution in [3.8, 4) is 0 Å². The third-order valence-electron chi connectivity index (χ3n) is 1.13. The van der Waals surface area contributed by atoms with Crippen molar-refractivity contribution in [3.05, 3.63) is 0 Å². The molecule has 0 saturated carbocycles. The van der Waals surface area contributed by atoms with Crippen LogP contribution in [-0.4, -0.2) is 23.9 Å². The van der Waals surface area contributed by atoms with Crippen molar-refractivity contribution < 1.29 is 26.3 Å². The summed E-state index contributed by atoms with van der Waals surface area (Å²) in [6.45, 7) is 0. The maximum Gasteiger partial charge on any atom is 0.429 e. The minimum Gasteiger partial charge on any atom is -0.227 e. The third-order valence-corrected chi connectivity index (χ3v) is 4.93. The van der Waals surface area contributed by atoms with Gasteiger partial charge in [0.15, 0.2) is 0 Å². The van der Waals surface area contributed by atoms with E-state index < -0.39 is 23.9 Å². The van der Waals surface area contributed by atoms with Crippen LogP contribution in [0.5, 0.6) is 0 Å². The Morgan fingerprint density at radius 3 is 1.23 bits per heavy atom. The van der Waals surface area contributed by atoms with Crippen LogP contribution in [0.25, 0.3) is 0 Å². The summed E-state index contributed by atoms with van der Waals surface area (Å²) in [5.41, 5.74) is 0. The zero-order valence-electron chi connectivity index (χ0n) is 5.48. The second-order valence-corrected chi connectivity index (χ2v) is 10.6. The van der Waals surface area contributed by atoms with Crippen LogP contribution in [0.1, 0.15) is 0 Å². The van der Waals surface area contributed by atoms with Crippen LogP contribution in [0.3, 0.4) is 0 Å². The summed E-state index contributed by atoms with van der Waals surface area (Å²) < 4.78 is 71.6. The highest BCUT2D eigenvalue weighted by Crippen LogP contribution is 2.50. The summed E-state index contributed by atoms with van der Waals surface area (Å²) in [5, 5.41) is -5.02. The van der Waals surface area contributed by atoms with Gasteiger partial charge in [0.25, 0.3) is 11.7 Å². The van der Waals surface area contributed by atoms with Gasteiger partial charge in [-0.2, -0.15) is 13.2 Å². The molecule has 0 rings (SSSR count). The van der Waals surface area contributed by atoms with Crippen molar-refractivity contribution in [2.45, 2.75) is 17.9 Å². The molecule has 0 spiro atoms. The molecule has 13 heavy (non-hydrogen) atoms. The van der Waals surface area contributed by atoms with E-state index in [1.165, 1.54) is 0 Å². The van der Waals surface area contributed by atoms with Crippen LogP contribution in [0.15, 0.2) is 0 Å². The molecule has 0 aromatic heterocycles. The van der Waals surface area contributed by atoms with Gasteiger partial charge < -0.3 is 0 Å². The lowest BCUT2D eigenvalue weighted by Crippen LogP contribution is -2.60. The molecule has 0 amide bonds. The Morgan fingerprint density at radius 1 is 0.923 bits per heavy atom. The van der Waals surface area contributed by atoms with Crippen molar-refractivity contribution in [2.24, 2.45) is 0 Å². The van der Waals surface area contributed by atoms with Crippen molar-refractivity contribution in [1.82, 2.24) is 0 Å². The van der Waals surface area contributed by atoms with E-state index in [1.807, 2.05) is 0 Å². The van der Waals surface area contributed by atoms with Crippen LogP contribution in [0.2, 0.25) is 0 Å². The normalized spacial score (nSPS) is 18.9. The number of alkyl halides is 6. The molecule has 0 aliphatic heterocycles. The molecule has 1 atom stereocenters. The minimum absolute atomic E-state index is 4.41. The lowest BCUT2D eigenvalue weighted by atomic mass is 10.4. The largest absolute Gasteiger partial charge is 0.429 e. The third kappa shape index (κ3) is 2.37. The van der Waals surface area contributed by atoms with E-state index in [0.29, 0.717) is 0 Å². The fraction of sp³-hybridized carbons (Fsp3) is 1.00. The lowest BCUT2D eigenvalue weighted by molar-refractivity contribution is -0.234. The first-order chi connectivity index (χ1) is 5.44. The zero-order chi connectivity index (χ0) is 11.1. The van der Waals surface area contributed by atoms with Crippen LogP contribution in [-0.2, 0) is 0 Å². The standard InChI is InChI=1S/C3HCl3F6Si/c4-13(5,6)2(9,1(7)8)3(10,11)12/h1H. The maximum atomic E-state index is 12.7. The first kappa shape index (κ1) is 13.7. The molecular formula is C3HCl3F6Si. The van der Waals surface area contributed by atoms with Crippen LogP contribution in [0.4, 0.5) is 26.3 Å². The molecule has 0 aromatic rings. The topological polar surface area (TPSA) is 0 Å². The van der Waals surface area contributed by atoms with Gasteiger partial charge in [-0.1, -0.05) is 0 Å². The van der Waals surface area contributed by atoms with Gasteiger partial charge in [0.1, 0.15) is 0 Å². The van der Waals surface area contributed by atoms with Crippen LogP contribution in [0, 0.1) is 0 Å². The molecule has 0 heterocycles. The molecule has 0 radical (unpaired) electrons. The van der Waals surface area contributed by atoms with Gasteiger partial charge >= 0.3 is 12.2 Å². The van der Waals surface area contributed by atoms with Gasteiger partial charge in [0, 0.05) is 0 Å². The van der Waals surface area contributed by atoms with Gasteiger partial charge in [-0.15, -0.1) is 33.2 Å². The Morgan fingerprint density at radius 2 is 1.23 bits per heavy atom. The van der Waals surface area contributed by atoms with Gasteiger partial charge in [0.05, 0.1) is 0 Å². The molecule has 0 nitrogen and oxygen atoms in total. The molecule has 0 bridgehead atoms. The average molecular weight is 285 g/mol. The molecule has 0 saturated heterocycles. The number of halogens is 9. The predicted molar refractivity (Wildman–Crippen MR) is 39.2 cm³/mol. The Balaban J connectivity index is 5.22. The first-order valence-electron chi connectivity index (χ1n) is 2.55.